The van der Waals surface area contributed by atoms with Crippen molar-refractivity contribution in [2.24, 2.45) is 0 Å². The van der Waals surface area contributed by atoms with Crippen LogP contribution in [0.2, 0.25) is 0 Å². The molecule has 0 aliphatic carbocycles. The topological polar surface area (TPSA) is 65.4 Å². The highest BCUT2D eigenvalue weighted by molar-refractivity contribution is 7.80. The molecule has 0 unspecified atom stereocenters. The molecule has 0 radical (unpaired) electrons. The largest absolute Gasteiger partial charge is 0.378 e. The molecule has 2 N–H and O–H groups in total. The van der Waals surface area contributed by atoms with Crippen molar-refractivity contribution in [1.82, 2.24) is 19.8 Å². The van der Waals surface area contributed by atoms with Gasteiger partial charge in [-0.3, -0.25) is 9.78 Å². The number of anilines is 2. The highest BCUT2D eigenvalue weighted by atomic mass is 32.1. The van der Waals surface area contributed by atoms with Gasteiger partial charge in [0.05, 0.1) is 17.8 Å². The van der Waals surface area contributed by atoms with Gasteiger partial charge in [-0.05, 0) is 72.9 Å². The van der Waals surface area contributed by atoms with Crippen LogP contribution in [-0.4, -0.2) is 46.1 Å². The van der Waals surface area contributed by atoms with Crippen molar-refractivity contribution in [3.63, 3.8) is 0 Å². The number of nitrogens with zero attached hydrogens (tertiary/aromatic N) is 4. The summed E-state index contributed by atoms with van der Waals surface area (Å²) in [6, 6.07) is 27.7. The second-order valence-electron chi connectivity index (χ2n) is 9.20. The zero-order chi connectivity index (χ0) is 25.8. The van der Waals surface area contributed by atoms with Gasteiger partial charge < -0.3 is 25.0 Å². The van der Waals surface area contributed by atoms with Gasteiger partial charge in [-0.1, -0.05) is 24.3 Å². The second-order valence-corrected chi connectivity index (χ2v) is 9.58. The van der Waals surface area contributed by atoms with E-state index in [1.54, 1.807) is 6.20 Å². The number of hydrogen-bond donors (Lipinski definition) is 2. The van der Waals surface area contributed by atoms with Crippen molar-refractivity contribution in [2.45, 2.75) is 18.5 Å². The van der Waals surface area contributed by atoms with E-state index in [1.807, 2.05) is 68.7 Å². The number of pyridine rings is 1. The van der Waals surface area contributed by atoms with E-state index in [0.717, 1.165) is 28.5 Å². The monoisotopic (exact) mass is 510 g/mol. The van der Waals surface area contributed by atoms with Crippen molar-refractivity contribution in [3.05, 3.63) is 109 Å². The zero-order valence-electron chi connectivity index (χ0n) is 20.9. The molecule has 1 amide bonds. The number of benzene rings is 2. The average Bonchev–Trinajstić information content (AvgIpc) is 3.52. The summed E-state index contributed by atoms with van der Waals surface area (Å²) in [7, 11) is 4.06. The summed E-state index contributed by atoms with van der Waals surface area (Å²) in [4.78, 5) is 21.6. The van der Waals surface area contributed by atoms with E-state index < -0.39 is 0 Å². The Balaban J connectivity index is 1.44. The lowest BCUT2D eigenvalue weighted by molar-refractivity contribution is -0.116. The molecule has 0 saturated carbocycles. The molecular formula is C29H30N6OS. The van der Waals surface area contributed by atoms with Crippen molar-refractivity contribution in [3.8, 4) is 5.69 Å². The summed E-state index contributed by atoms with van der Waals surface area (Å²) < 4.78 is 2.19. The van der Waals surface area contributed by atoms with Crippen LogP contribution in [0.1, 0.15) is 29.9 Å². The van der Waals surface area contributed by atoms with Gasteiger partial charge in [0.1, 0.15) is 0 Å². The molecule has 2 atom stereocenters. The van der Waals surface area contributed by atoms with E-state index in [4.69, 9.17) is 12.2 Å². The van der Waals surface area contributed by atoms with Crippen LogP contribution in [0.15, 0.2) is 97.3 Å². The van der Waals surface area contributed by atoms with Gasteiger partial charge in [-0.15, -0.1) is 0 Å². The molecule has 2 aromatic carbocycles. The molecule has 2 aromatic heterocycles. The van der Waals surface area contributed by atoms with Crippen LogP contribution >= 0.6 is 12.2 Å². The minimum atomic E-state index is -0.152. The third kappa shape index (κ3) is 5.34. The summed E-state index contributed by atoms with van der Waals surface area (Å²) in [6.07, 6.45) is 4.17. The zero-order valence-corrected chi connectivity index (χ0v) is 21.7. The van der Waals surface area contributed by atoms with Crippen LogP contribution in [-0.2, 0) is 4.79 Å². The van der Waals surface area contributed by atoms with Crippen molar-refractivity contribution >= 4 is 34.6 Å². The molecule has 0 spiro atoms. The predicted molar refractivity (Wildman–Crippen MR) is 152 cm³/mol. The molecule has 8 heteroatoms. The Hall–Kier alpha value is -4.17. The summed E-state index contributed by atoms with van der Waals surface area (Å²) in [5.41, 5.74) is 4.96. The van der Waals surface area contributed by atoms with E-state index in [-0.39, 0.29) is 18.0 Å². The Morgan fingerprint density at radius 3 is 2.46 bits per heavy atom. The lowest BCUT2D eigenvalue weighted by Gasteiger charge is -2.29. The minimum absolute atomic E-state index is 0.0521. The van der Waals surface area contributed by atoms with Gasteiger partial charge in [0, 0.05) is 62.2 Å². The summed E-state index contributed by atoms with van der Waals surface area (Å²) in [5.74, 6) is -0.0521. The van der Waals surface area contributed by atoms with Gasteiger partial charge in [0.25, 0.3) is 0 Å². The molecule has 5 rings (SSSR count). The number of hydrogen-bond acceptors (Lipinski definition) is 4. The molecule has 0 bridgehead atoms. The molecule has 1 saturated heterocycles. The summed E-state index contributed by atoms with van der Waals surface area (Å²) in [5, 5.41) is 7.07. The highest BCUT2D eigenvalue weighted by Crippen LogP contribution is 2.39. The predicted octanol–water partition coefficient (Wildman–Crippen LogP) is 4.94. The lowest BCUT2D eigenvalue weighted by Crippen LogP contribution is -2.33. The number of nitrogens with one attached hydrogen (secondary N) is 2. The molecule has 188 valence electrons. The van der Waals surface area contributed by atoms with Gasteiger partial charge in [0.2, 0.25) is 5.91 Å². The highest BCUT2D eigenvalue weighted by Gasteiger charge is 2.41. The fourth-order valence-corrected chi connectivity index (χ4v) is 5.05. The van der Waals surface area contributed by atoms with Gasteiger partial charge in [0.15, 0.2) is 5.11 Å². The number of thiocarbonyl (C=S) groups is 1. The molecule has 1 aliphatic rings. The fourth-order valence-electron chi connectivity index (χ4n) is 4.72. The number of amides is 1. The first-order chi connectivity index (χ1) is 18.0. The van der Waals surface area contributed by atoms with Gasteiger partial charge in [-0.2, -0.15) is 0 Å². The van der Waals surface area contributed by atoms with E-state index in [9.17, 15) is 4.79 Å². The first-order valence-corrected chi connectivity index (χ1v) is 12.7. The summed E-state index contributed by atoms with van der Waals surface area (Å²) in [6.45, 7) is 0.475. The van der Waals surface area contributed by atoms with E-state index in [0.29, 0.717) is 18.1 Å². The van der Waals surface area contributed by atoms with Crippen LogP contribution in [0, 0.1) is 0 Å². The number of carbonyl (C=O) groups is 1. The maximum Gasteiger partial charge on any atom is 0.226 e. The minimum Gasteiger partial charge on any atom is -0.378 e. The van der Waals surface area contributed by atoms with Crippen LogP contribution in [0.25, 0.3) is 5.69 Å². The maximum atomic E-state index is 12.8. The van der Waals surface area contributed by atoms with Crippen molar-refractivity contribution in [1.29, 1.82) is 0 Å². The first-order valence-electron chi connectivity index (χ1n) is 12.3. The Labute approximate surface area is 222 Å². The third-order valence-corrected chi connectivity index (χ3v) is 6.92. The summed E-state index contributed by atoms with van der Waals surface area (Å²) >= 11 is 5.80. The van der Waals surface area contributed by atoms with Crippen molar-refractivity contribution < 1.29 is 4.79 Å². The van der Waals surface area contributed by atoms with Crippen LogP contribution in [0.3, 0.4) is 0 Å². The maximum absolute atomic E-state index is 12.8. The third-order valence-electron chi connectivity index (χ3n) is 6.56. The van der Waals surface area contributed by atoms with Gasteiger partial charge in [-0.25, -0.2) is 0 Å². The van der Waals surface area contributed by atoms with Crippen LogP contribution in [0.5, 0.6) is 0 Å². The Kier molecular flexibility index (Phi) is 7.18. The molecule has 1 aliphatic heterocycles. The second kappa shape index (κ2) is 10.8. The first kappa shape index (κ1) is 24.5. The van der Waals surface area contributed by atoms with Crippen LogP contribution in [0.4, 0.5) is 11.4 Å². The van der Waals surface area contributed by atoms with Crippen molar-refractivity contribution in [2.75, 3.05) is 30.9 Å². The number of carbonyl (C=O) groups excluding carboxylic acids is 1. The molecule has 3 heterocycles. The van der Waals surface area contributed by atoms with Crippen LogP contribution < -0.4 is 15.5 Å². The molecule has 1 fully saturated rings. The number of para-hydroxylation sites is 1. The Bertz CT molecular complexity index is 1350. The standard InChI is InChI=1S/C29H30N6OS/c1-33(2)22-13-15-23(16-14-22)34-19-8-12-25(34)28-27(24-11-6-7-18-30-24)32-29(37)35(28)20-17-26(36)31-21-9-4-3-5-10-21/h3-16,18-19,27-28H,17,20H2,1-2H3,(H,31,36)(H,32,37)/t27-,28+/m1/s1. The van der Waals surface area contributed by atoms with E-state index in [1.165, 1.54) is 0 Å². The Morgan fingerprint density at radius 2 is 1.76 bits per heavy atom. The fraction of sp³-hybridized carbons (Fsp3) is 0.207. The lowest BCUT2D eigenvalue weighted by atomic mass is 10.0. The molecular weight excluding hydrogens is 480 g/mol. The van der Waals surface area contributed by atoms with Gasteiger partial charge >= 0.3 is 0 Å². The van der Waals surface area contributed by atoms with E-state index >= 15 is 0 Å². The number of aromatic nitrogens is 2. The average molecular weight is 511 g/mol. The normalized spacial score (nSPS) is 16.9. The quantitative estimate of drug-likeness (QED) is 0.328. The smallest absolute Gasteiger partial charge is 0.226 e. The molecule has 7 nitrogen and oxygen atoms in total. The molecule has 37 heavy (non-hydrogen) atoms. The number of rotatable bonds is 8. The SMILES string of the molecule is CN(C)c1ccc(-n2cccc2[C@H]2[C@@H](c3ccccn3)NC(=S)N2CCC(=O)Nc2ccccc2)cc1. The molecule has 4 aromatic rings. The Morgan fingerprint density at radius 1 is 1.00 bits per heavy atom. The van der Waals surface area contributed by atoms with E-state index in [2.05, 4.69) is 66.5 Å².